The zero-order chi connectivity index (χ0) is 16.1. The van der Waals surface area contributed by atoms with Crippen molar-refractivity contribution < 1.29 is 0 Å². The Labute approximate surface area is 142 Å². The van der Waals surface area contributed by atoms with E-state index in [-0.39, 0.29) is 6.04 Å². The predicted octanol–water partition coefficient (Wildman–Crippen LogP) is 5.46. The molecule has 1 aromatic carbocycles. The van der Waals surface area contributed by atoms with Crippen LogP contribution >= 0.6 is 23.2 Å². The van der Waals surface area contributed by atoms with E-state index < -0.39 is 0 Å². The van der Waals surface area contributed by atoms with Crippen LogP contribution in [-0.4, -0.2) is 9.55 Å². The number of aryl methyl sites for hydroxylation is 1. The maximum Gasteiger partial charge on any atom is 0.0956 e. The average molecular weight is 340 g/mol. The molecule has 2 aromatic rings. The molecule has 0 amide bonds. The Morgan fingerprint density at radius 3 is 2.64 bits per heavy atom. The molecule has 0 saturated heterocycles. The molecule has 0 aliphatic heterocycles. The molecular weight excluding hydrogens is 317 g/mol. The van der Waals surface area contributed by atoms with Crippen molar-refractivity contribution in [3.05, 3.63) is 40.3 Å². The Kier molecular flexibility index (Phi) is 6.30. The highest BCUT2D eigenvalue weighted by atomic mass is 35.5. The van der Waals surface area contributed by atoms with E-state index in [1.165, 1.54) is 19.3 Å². The first-order valence-corrected chi connectivity index (χ1v) is 8.56. The normalized spacial score (nSPS) is 12.6. The summed E-state index contributed by atoms with van der Waals surface area (Å²) < 4.78 is 2.15. The fourth-order valence-electron chi connectivity index (χ4n) is 2.65. The molecule has 0 aliphatic rings. The van der Waals surface area contributed by atoms with Gasteiger partial charge in [0.25, 0.3) is 0 Å². The summed E-state index contributed by atoms with van der Waals surface area (Å²) >= 11 is 12.3. The summed E-state index contributed by atoms with van der Waals surface area (Å²) in [6, 6.07) is 5.37. The van der Waals surface area contributed by atoms with Gasteiger partial charge < -0.3 is 10.3 Å². The summed E-state index contributed by atoms with van der Waals surface area (Å²) in [6.07, 6.45) is 6.72. The van der Waals surface area contributed by atoms with Gasteiger partial charge in [0, 0.05) is 23.2 Å². The number of benzene rings is 1. The highest BCUT2D eigenvalue weighted by Gasteiger charge is 2.18. The molecule has 0 radical (unpaired) electrons. The maximum atomic E-state index is 6.32. The van der Waals surface area contributed by atoms with E-state index >= 15 is 0 Å². The van der Waals surface area contributed by atoms with Gasteiger partial charge in [0.05, 0.1) is 22.7 Å². The van der Waals surface area contributed by atoms with Gasteiger partial charge in [-0.25, -0.2) is 4.98 Å². The van der Waals surface area contributed by atoms with Gasteiger partial charge in [0.1, 0.15) is 0 Å². The van der Waals surface area contributed by atoms with Gasteiger partial charge in [-0.2, -0.15) is 0 Å². The van der Waals surface area contributed by atoms with Crippen molar-refractivity contribution in [3.8, 4) is 11.3 Å². The number of rotatable bonds is 7. The van der Waals surface area contributed by atoms with Gasteiger partial charge in [-0.05, 0) is 31.5 Å². The molecule has 1 unspecified atom stereocenters. The number of hydrogen-bond donors (Lipinski definition) is 1. The number of hydrogen-bond acceptors (Lipinski definition) is 2. The molecule has 1 atom stereocenters. The lowest BCUT2D eigenvalue weighted by atomic mass is 10.1. The molecule has 2 N–H and O–H groups in total. The van der Waals surface area contributed by atoms with E-state index in [4.69, 9.17) is 28.9 Å². The SMILES string of the molecule is CCCCCCn1cnc(-c2ccc(Cl)cc2Cl)c1C(C)N. The van der Waals surface area contributed by atoms with Crippen LogP contribution in [0.1, 0.15) is 51.3 Å². The zero-order valence-electron chi connectivity index (χ0n) is 13.1. The minimum Gasteiger partial charge on any atom is -0.333 e. The molecule has 5 heteroatoms. The minimum atomic E-state index is -0.101. The van der Waals surface area contributed by atoms with Gasteiger partial charge in [0.15, 0.2) is 0 Å². The molecule has 0 fully saturated rings. The maximum absolute atomic E-state index is 6.32. The van der Waals surface area contributed by atoms with Crippen molar-refractivity contribution in [1.82, 2.24) is 9.55 Å². The second-order valence-electron chi connectivity index (χ2n) is 5.65. The number of nitrogens with two attached hydrogens (primary N) is 1. The third-order valence-electron chi connectivity index (χ3n) is 3.75. The van der Waals surface area contributed by atoms with Crippen molar-refractivity contribution in [2.24, 2.45) is 5.73 Å². The molecule has 0 spiro atoms. The Balaban J connectivity index is 2.30. The standard InChI is InChI=1S/C17H23Cl2N3/c1-3-4-5-6-9-22-11-21-16(17(22)12(2)20)14-8-7-13(18)10-15(14)19/h7-8,10-12H,3-6,9,20H2,1-2H3. The summed E-state index contributed by atoms with van der Waals surface area (Å²) in [6.45, 7) is 5.13. The molecule has 120 valence electrons. The number of imidazole rings is 1. The summed E-state index contributed by atoms with van der Waals surface area (Å²) in [5.74, 6) is 0. The van der Waals surface area contributed by atoms with E-state index in [0.717, 1.165) is 29.9 Å². The Bertz CT molecular complexity index is 620. The van der Waals surface area contributed by atoms with E-state index in [9.17, 15) is 0 Å². The predicted molar refractivity (Wildman–Crippen MR) is 94.4 cm³/mol. The second kappa shape index (κ2) is 8.00. The van der Waals surface area contributed by atoms with Crippen molar-refractivity contribution in [3.63, 3.8) is 0 Å². The lowest BCUT2D eigenvalue weighted by Gasteiger charge is -2.14. The molecule has 0 bridgehead atoms. The molecule has 22 heavy (non-hydrogen) atoms. The smallest absolute Gasteiger partial charge is 0.0956 e. The summed E-state index contributed by atoms with van der Waals surface area (Å²) in [7, 11) is 0. The topological polar surface area (TPSA) is 43.8 Å². The third kappa shape index (κ3) is 4.03. The van der Waals surface area contributed by atoms with Crippen LogP contribution in [0, 0.1) is 0 Å². The Hall–Kier alpha value is -1.03. The van der Waals surface area contributed by atoms with Crippen molar-refractivity contribution in [2.45, 2.75) is 52.1 Å². The van der Waals surface area contributed by atoms with Crippen molar-refractivity contribution in [2.75, 3.05) is 0 Å². The molecule has 1 aromatic heterocycles. The molecule has 0 aliphatic carbocycles. The van der Waals surface area contributed by atoms with Gasteiger partial charge in [-0.15, -0.1) is 0 Å². The van der Waals surface area contributed by atoms with Gasteiger partial charge in [-0.1, -0.05) is 49.4 Å². The van der Waals surface area contributed by atoms with Crippen LogP contribution in [0.15, 0.2) is 24.5 Å². The summed E-state index contributed by atoms with van der Waals surface area (Å²) in [5.41, 5.74) is 8.94. The van der Waals surface area contributed by atoms with Crippen LogP contribution in [0.4, 0.5) is 0 Å². The Morgan fingerprint density at radius 2 is 2.00 bits per heavy atom. The van der Waals surface area contributed by atoms with E-state index in [1.54, 1.807) is 6.07 Å². The fourth-order valence-corrected chi connectivity index (χ4v) is 3.14. The lowest BCUT2D eigenvalue weighted by Crippen LogP contribution is -2.13. The van der Waals surface area contributed by atoms with Crippen LogP contribution in [0.2, 0.25) is 10.0 Å². The van der Waals surface area contributed by atoms with Gasteiger partial charge in [-0.3, -0.25) is 0 Å². The van der Waals surface area contributed by atoms with Crippen LogP contribution in [-0.2, 0) is 6.54 Å². The van der Waals surface area contributed by atoms with E-state index in [1.807, 2.05) is 25.4 Å². The van der Waals surface area contributed by atoms with Crippen molar-refractivity contribution >= 4 is 23.2 Å². The average Bonchev–Trinajstić information content (AvgIpc) is 2.87. The zero-order valence-corrected chi connectivity index (χ0v) is 14.7. The second-order valence-corrected chi connectivity index (χ2v) is 6.49. The van der Waals surface area contributed by atoms with Crippen LogP contribution < -0.4 is 5.73 Å². The largest absolute Gasteiger partial charge is 0.333 e. The van der Waals surface area contributed by atoms with E-state index in [2.05, 4.69) is 16.5 Å². The first kappa shape index (κ1) is 17.3. The van der Waals surface area contributed by atoms with Gasteiger partial charge in [0.2, 0.25) is 0 Å². The number of unbranched alkanes of at least 4 members (excludes halogenated alkanes) is 3. The van der Waals surface area contributed by atoms with Crippen LogP contribution in [0.25, 0.3) is 11.3 Å². The Morgan fingerprint density at radius 1 is 1.23 bits per heavy atom. The lowest BCUT2D eigenvalue weighted by molar-refractivity contribution is 0.555. The fraction of sp³-hybridized carbons (Fsp3) is 0.471. The first-order valence-electron chi connectivity index (χ1n) is 7.80. The van der Waals surface area contributed by atoms with Crippen LogP contribution in [0.5, 0.6) is 0 Å². The molecule has 1 heterocycles. The number of aromatic nitrogens is 2. The van der Waals surface area contributed by atoms with Crippen molar-refractivity contribution in [1.29, 1.82) is 0 Å². The highest BCUT2D eigenvalue weighted by molar-refractivity contribution is 6.36. The first-order chi connectivity index (χ1) is 10.5. The minimum absolute atomic E-state index is 0.101. The molecule has 0 saturated carbocycles. The van der Waals surface area contributed by atoms with Gasteiger partial charge >= 0.3 is 0 Å². The third-order valence-corrected chi connectivity index (χ3v) is 4.30. The number of nitrogens with zero attached hydrogens (tertiary/aromatic N) is 2. The molecular formula is C17H23Cl2N3. The molecule has 2 rings (SSSR count). The van der Waals surface area contributed by atoms with Crippen LogP contribution in [0.3, 0.4) is 0 Å². The quantitative estimate of drug-likeness (QED) is 0.681. The van der Waals surface area contributed by atoms with E-state index in [0.29, 0.717) is 10.0 Å². The summed E-state index contributed by atoms with van der Waals surface area (Å²) in [5, 5.41) is 1.22. The summed E-state index contributed by atoms with van der Waals surface area (Å²) in [4.78, 5) is 4.55. The molecule has 3 nitrogen and oxygen atoms in total. The number of halogens is 2. The monoisotopic (exact) mass is 339 g/mol. The highest BCUT2D eigenvalue weighted by Crippen LogP contribution is 2.33.